The number of carbonyl (C=O) groups excluding carboxylic acids is 1. The highest BCUT2D eigenvalue weighted by molar-refractivity contribution is 5.88. The van der Waals surface area contributed by atoms with Gasteiger partial charge in [-0.05, 0) is 19.3 Å². The van der Waals surface area contributed by atoms with Gasteiger partial charge in [0.1, 0.15) is 0 Å². The molecule has 4 N–H and O–H groups in total. The summed E-state index contributed by atoms with van der Waals surface area (Å²) >= 11 is 0. The van der Waals surface area contributed by atoms with Gasteiger partial charge in [0.2, 0.25) is 5.91 Å². The van der Waals surface area contributed by atoms with E-state index in [1.165, 1.54) is 0 Å². The molecule has 2 rings (SSSR count). The first-order valence-corrected chi connectivity index (χ1v) is 5.92. The highest BCUT2D eigenvalue weighted by Crippen LogP contribution is 2.26. The van der Waals surface area contributed by atoms with Crippen LogP contribution in [0.4, 0.5) is 0 Å². The van der Waals surface area contributed by atoms with Crippen LogP contribution in [0.5, 0.6) is 0 Å². The number of rotatable bonds is 3. The number of carboxylic acids is 1. The Bertz CT molecular complexity index is 325. The number of carboxylic acid groups (broad SMARTS) is 1. The molecule has 0 radical (unpaired) electrons. The van der Waals surface area contributed by atoms with E-state index in [1.54, 1.807) is 0 Å². The molecule has 1 saturated heterocycles. The molecule has 2 fully saturated rings. The van der Waals surface area contributed by atoms with Gasteiger partial charge in [-0.25, -0.2) is 4.79 Å². The fourth-order valence-corrected chi connectivity index (χ4v) is 2.48. The number of carbonyl (C=O) groups is 2. The number of amides is 1. The van der Waals surface area contributed by atoms with E-state index in [9.17, 15) is 14.7 Å². The van der Waals surface area contributed by atoms with E-state index in [2.05, 4.69) is 5.32 Å². The third-order valence-corrected chi connectivity index (χ3v) is 3.64. The standard InChI is InChI=1S/C11H18N2O4/c12-8-2-1-7(5-8)9(14)13-11(10(15)16)3-4-17-6-11/h7-8H,1-6,12H2,(H,13,14)(H,15,16). The number of nitrogens with one attached hydrogen (secondary N) is 1. The van der Waals surface area contributed by atoms with E-state index in [4.69, 9.17) is 10.5 Å². The van der Waals surface area contributed by atoms with Gasteiger partial charge in [-0.1, -0.05) is 0 Å². The Labute approximate surface area is 99.5 Å². The van der Waals surface area contributed by atoms with Crippen LogP contribution < -0.4 is 11.1 Å². The molecule has 6 nitrogen and oxygen atoms in total. The van der Waals surface area contributed by atoms with Crippen LogP contribution in [0, 0.1) is 5.92 Å². The van der Waals surface area contributed by atoms with Crippen LogP contribution in [-0.2, 0) is 14.3 Å². The van der Waals surface area contributed by atoms with Crippen LogP contribution in [0.3, 0.4) is 0 Å². The Hall–Kier alpha value is -1.14. The van der Waals surface area contributed by atoms with Crippen LogP contribution in [0.15, 0.2) is 0 Å². The molecule has 1 amide bonds. The van der Waals surface area contributed by atoms with Gasteiger partial charge in [0.15, 0.2) is 5.54 Å². The van der Waals surface area contributed by atoms with E-state index < -0.39 is 11.5 Å². The number of ether oxygens (including phenoxy) is 1. The van der Waals surface area contributed by atoms with Gasteiger partial charge in [-0.15, -0.1) is 0 Å². The Morgan fingerprint density at radius 2 is 2.18 bits per heavy atom. The second-order valence-corrected chi connectivity index (χ2v) is 4.95. The van der Waals surface area contributed by atoms with Gasteiger partial charge in [-0.2, -0.15) is 0 Å². The normalized spacial score (nSPS) is 37.0. The average Bonchev–Trinajstić information content (AvgIpc) is 2.87. The summed E-state index contributed by atoms with van der Waals surface area (Å²) in [6, 6.07) is 0.0614. The van der Waals surface area contributed by atoms with Crippen LogP contribution >= 0.6 is 0 Å². The minimum Gasteiger partial charge on any atom is -0.479 e. The first kappa shape index (κ1) is 12.3. The molecule has 3 atom stereocenters. The third kappa shape index (κ3) is 2.42. The molecule has 1 heterocycles. The number of hydrogen-bond donors (Lipinski definition) is 3. The first-order valence-electron chi connectivity index (χ1n) is 5.92. The van der Waals surface area contributed by atoms with Crippen molar-refractivity contribution in [1.82, 2.24) is 5.32 Å². The van der Waals surface area contributed by atoms with E-state index in [-0.39, 0.29) is 24.5 Å². The van der Waals surface area contributed by atoms with Crippen molar-refractivity contribution in [1.29, 1.82) is 0 Å². The Morgan fingerprint density at radius 1 is 1.41 bits per heavy atom. The summed E-state index contributed by atoms with van der Waals surface area (Å²) in [6.07, 6.45) is 2.54. The minimum absolute atomic E-state index is 0.0485. The molecule has 3 unspecified atom stereocenters. The van der Waals surface area contributed by atoms with Crippen molar-refractivity contribution in [2.24, 2.45) is 11.7 Å². The Morgan fingerprint density at radius 3 is 2.65 bits per heavy atom. The van der Waals surface area contributed by atoms with Crippen molar-refractivity contribution < 1.29 is 19.4 Å². The van der Waals surface area contributed by atoms with E-state index in [1.807, 2.05) is 0 Å². The lowest BCUT2D eigenvalue weighted by molar-refractivity contribution is -0.148. The van der Waals surface area contributed by atoms with Crippen molar-refractivity contribution in [2.75, 3.05) is 13.2 Å². The maximum absolute atomic E-state index is 12.0. The molecule has 0 bridgehead atoms. The van der Waals surface area contributed by atoms with Crippen molar-refractivity contribution in [2.45, 2.75) is 37.3 Å². The monoisotopic (exact) mass is 242 g/mol. The highest BCUT2D eigenvalue weighted by atomic mass is 16.5. The number of hydrogen-bond acceptors (Lipinski definition) is 4. The van der Waals surface area contributed by atoms with Crippen molar-refractivity contribution in [3.05, 3.63) is 0 Å². The molecule has 0 aromatic rings. The van der Waals surface area contributed by atoms with Gasteiger partial charge >= 0.3 is 5.97 Å². The molecule has 1 saturated carbocycles. The molecule has 0 aromatic carbocycles. The molecule has 1 aliphatic carbocycles. The molecule has 96 valence electrons. The van der Waals surface area contributed by atoms with Crippen molar-refractivity contribution in [3.8, 4) is 0 Å². The topological polar surface area (TPSA) is 102 Å². The van der Waals surface area contributed by atoms with Crippen LogP contribution in [0.1, 0.15) is 25.7 Å². The number of nitrogens with two attached hydrogens (primary N) is 1. The summed E-state index contributed by atoms with van der Waals surface area (Å²) in [5.74, 6) is -1.38. The lowest BCUT2D eigenvalue weighted by Gasteiger charge is -2.25. The molecule has 6 heteroatoms. The zero-order valence-electron chi connectivity index (χ0n) is 9.65. The van der Waals surface area contributed by atoms with E-state index >= 15 is 0 Å². The van der Waals surface area contributed by atoms with Crippen molar-refractivity contribution in [3.63, 3.8) is 0 Å². The maximum Gasteiger partial charge on any atom is 0.331 e. The fourth-order valence-electron chi connectivity index (χ4n) is 2.48. The predicted octanol–water partition coefficient (Wildman–Crippen LogP) is -0.526. The van der Waals surface area contributed by atoms with Crippen molar-refractivity contribution >= 4 is 11.9 Å². The molecule has 17 heavy (non-hydrogen) atoms. The third-order valence-electron chi connectivity index (χ3n) is 3.64. The summed E-state index contributed by atoms with van der Waals surface area (Å²) < 4.78 is 5.09. The summed E-state index contributed by atoms with van der Waals surface area (Å²) in [5, 5.41) is 11.8. The molecular weight excluding hydrogens is 224 g/mol. The highest BCUT2D eigenvalue weighted by Gasteiger charge is 2.45. The van der Waals surface area contributed by atoms with Gasteiger partial charge in [0.25, 0.3) is 0 Å². The average molecular weight is 242 g/mol. The summed E-state index contributed by atoms with van der Waals surface area (Å²) in [5.41, 5.74) is 4.51. The smallest absolute Gasteiger partial charge is 0.331 e. The molecule has 1 aliphatic heterocycles. The quantitative estimate of drug-likeness (QED) is 0.617. The van der Waals surface area contributed by atoms with Gasteiger partial charge in [-0.3, -0.25) is 4.79 Å². The lowest BCUT2D eigenvalue weighted by atomic mass is 9.97. The molecule has 0 aromatic heterocycles. The van der Waals surface area contributed by atoms with Crippen LogP contribution in [0.25, 0.3) is 0 Å². The Balaban J connectivity index is 1.99. The first-order chi connectivity index (χ1) is 8.03. The Kier molecular flexibility index (Phi) is 3.35. The lowest BCUT2D eigenvalue weighted by Crippen LogP contribution is -2.56. The maximum atomic E-state index is 12.0. The van der Waals surface area contributed by atoms with Gasteiger partial charge in [0.05, 0.1) is 6.61 Å². The summed E-state index contributed by atoms with van der Waals surface area (Å²) in [4.78, 5) is 23.2. The second kappa shape index (κ2) is 4.62. The van der Waals surface area contributed by atoms with E-state index in [0.29, 0.717) is 19.4 Å². The molecule has 0 spiro atoms. The van der Waals surface area contributed by atoms with Crippen LogP contribution in [0.2, 0.25) is 0 Å². The predicted molar refractivity (Wildman–Crippen MR) is 59.3 cm³/mol. The zero-order valence-corrected chi connectivity index (χ0v) is 9.65. The van der Waals surface area contributed by atoms with E-state index in [0.717, 1.165) is 12.8 Å². The minimum atomic E-state index is -1.23. The largest absolute Gasteiger partial charge is 0.479 e. The van der Waals surface area contributed by atoms with Crippen LogP contribution in [-0.4, -0.2) is 41.8 Å². The summed E-state index contributed by atoms with van der Waals surface area (Å²) in [7, 11) is 0. The molecular formula is C11H18N2O4. The van der Waals surface area contributed by atoms with Gasteiger partial charge < -0.3 is 20.9 Å². The molecule has 2 aliphatic rings. The van der Waals surface area contributed by atoms with Gasteiger partial charge in [0, 0.05) is 25.0 Å². The SMILES string of the molecule is NC1CCC(C(=O)NC2(C(=O)O)CCOC2)C1. The fraction of sp³-hybridized carbons (Fsp3) is 0.818. The second-order valence-electron chi connectivity index (χ2n) is 4.95. The zero-order chi connectivity index (χ0) is 12.5. The summed E-state index contributed by atoms with van der Waals surface area (Å²) in [6.45, 7) is 0.420. The number of aliphatic carboxylic acids is 1.